The molecule has 0 aromatic heterocycles. The van der Waals surface area contributed by atoms with E-state index in [2.05, 4.69) is 5.32 Å². The standard InChI is InChI=1S/C29H35F6NO5/c1-26(2,3)41-25(37)36-28(16-39-27(4,5)40-17-28)13-12-18-8-11-22(20(15-18)29(33,34)35)38-14-6-7-19-9-10-21(30)24(32)23(19)31/h8-11,15H,6-7,12-14,16-17H2,1-5H3,(H,36,37). The van der Waals surface area contributed by atoms with Gasteiger partial charge in [-0.15, -0.1) is 0 Å². The molecule has 1 saturated heterocycles. The first-order valence-corrected chi connectivity index (χ1v) is 13.1. The number of carbonyl (C=O) groups is 1. The van der Waals surface area contributed by atoms with Gasteiger partial charge in [0.2, 0.25) is 0 Å². The zero-order valence-corrected chi connectivity index (χ0v) is 23.6. The maximum Gasteiger partial charge on any atom is 0.419 e. The van der Waals surface area contributed by atoms with Crippen molar-refractivity contribution in [1.29, 1.82) is 0 Å². The van der Waals surface area contributed by atoms with Crippen LogP contribution in [0.15, 0.2) is 30.3 Å². The largest absolute Gasteiger partial charge is 0.493 e. The Balaban J connectivity index is 1.69. The number of amides is 1. The number of ether oxygens (including phenoxy) is 4. The molecule has 3 rings (SSSR count). The van der Waals surface area contributed by atoms with Crippen LogP contribution in [0.2, 0.25) is 0 Å². The molecule has 1 N–H and O–H groups in total. The number of aryl methyl sites for hydroxylation is 2. The van der Waals surface area contributed by atoms with E-state index in [1.165, 1.54) is 12.1 Å². The zero-order chi connectivity index (χ0) is 30.6. The van der Waals surface area contributed by atoms with E-state index < -0.39 is 58.0 Å². The first kappa shape index (κ1) is 32.5. The van der Waals surface area contributed by atoms with Crippen LogP contribution in [0.1, 0.15) is 64.2 Å². The Hall–Kier alpha value is -2.99. The van der Waals surface area contributed by atoms with Gasteiger partial charge in [-0.1, -0.05) is 12.1 Å². The molecule has 0 spiro atoms. The highest BCUT2D eigenvalue weighted by molar-refractivity contribution is 5.69. The maximum absolute atomic E-state index is 13.9. The minimum Gasteiger partial charge on any atom is -0.493 e. The maximum atomic E-state index is 13.9. The summed E-state index contributed by atoms with van der Waals surface area (Å²) in [7, 11) is 0. The number of halogens is 6. The van der Waals surface area contributed by atoms with E-state index in [1.54, 1.807) is 34.6 Å². The zero-order valence-electron chi connectivity index (χ0n) is 23.6. The summed E-state index contributed by atoms with van der Waals surface area (Å²) in [5.41, 5.74) is -2.57. The van der Waals surface area contributed by atoms with Gasteiger partial charge in [0.25, 0.3) is 0 Å². The molecular weight excluding hydrogens is 556 g/mol. The lowest BCUT2D eigenvalue weighted by molar-refractivity contribution is -0.271. The minimum atomic E-state index is -4.73. The third kappa shape index (κ3) is 9.26. The Kier molecular flexibility index (Phi) is 9.90. The molecule has 0 unspecified atom stereocenters. The summed E-state index contributed by atoms with van der Waals surface area (Å²) in [6.07, 6.45) is -5.09. The lowest BCUT2D eigenvalue weighted by Crippen LogP contribution is -2.61. The Labute approximate surface area is 235 Å². The van der Waals surface area contributed by atoms with Gasteiger partial charge in [-0.2, -0.15) is 13.2 Å². The smallest absolute Gasteiger partial charge is 0.419 e. The van der Waals surface area contributed by atoms with Gasteiger partial charge in [-0.05, 0) is 89.6 Å². The molecule has 0 radical (unpaired) electrons. The van der Waals surface area contributed by atoms with Crippen molar-refractivity contribution in [1.82, 2.24) is 5.32 Å². The van der Waals surface area contributed by atoms with Crippen LogP contribution in [-0.4, -0.2) is 42.8 Å². The van der Waals surface area contributed by atoms with Crippen molar-refractivity contribution in [2.75, 3.05) is 19.8 Å². The molecule has 1 aliphatic rings. The number of carbonyl (C=O) groups excluding carboxylic acids is 1. The molecule has 0 saturated carbocycles. The van der Waals surface area contributed by atoms with Crippen LogP contribution in [0.4, 0.5) is 31.1 Å². The Morgan fingerprint density at radius 1 is 0.976 bits per heavy atom. The van der Waals surface area contributed by atoms with Gasteiger partial charge >= 0.3 is 12.3 Å². The van der Waals surface area contributed by atoms with Crippen molar-refractivity contribution in [3.8, 4) is 5.75 Å². The lowest BCUT2D eigenvalue weighted by atomic mass is 9.91. The van der Waals surface area contributed by atoms with E-state index in [0.717, 1.165) is 18.2 Å². The van der Waals surface area contributed by atoms with Gasteiger partial charge in [0.15, 0.2) is 23.2 Å². The van der Waals surface area contributed by atoms with Crippen molar-refractivity contribution in [2.45, 2.75) is 83.4 Å². The fraction of sp³-hybridized carbons (Fsp3) is 0.552. The Morgan fingerprint density at radius 3 is 2.24 bits per heavy atom. The first-order chi connectivity index (χ1) is 18.9. The Bertz CT molecular complexity index is 1220. The molecule has 1 fully saturated rings. The highest BCUT2D eigenvalue weighted by Gasteiger charge is 2.42. The molecule has 12 heteroatoms. The fourth-order valence-corrected chi connectivity index (χ4v) is 4.17. The second-order valence-electron chi connectivity index (χ2n) is 11.5. The summed E-state index contributed by atoms with van der Waals surface area (Å²) in [5.74, 6) is -5.56. The van der Waals surface area contributed by atoms with Crippen LogP contribution < -0.4 is 10.1 Å². The highest BCUT2D eigenvalue weighted by atomic mass is 19.4. The van der Waals surface area contributed by atoms with E-state index in [0.29, 0.717) is 5.56 Å². The minimum absolute atomic E-state index is 0.0594. The van der Waals surface area contributed by atoms with Crippen LogP contribution in [0, 0.1) is 17.5 Å². The van der Waals surface area contributed by atoms with E-state index in [4.69, 9.17) is 18.9 Å². The number of nitrogens with one attached hydrogen (secondary N) is 1. The van der Waals surface area contributed by atoms with Crippen molar-refractivity contribution in [3.63, 3.8) is 0 Å². The number of alkyl carbamates (subject to hydrolysis) is 1. The van der Waals surface area contributed by atoms with Crippen LogP contribution in [0.3, 0.4) is 0 Å². The topological polar surface area (TPSA) is 66.0 Å². The summed E-state index contributed by atoms with van der Waals surface area (Å²) >= 11 is 0. The second-order valence-corrected chi connectivity index (χ2v) is 11.5. The average molecular weight is 592 g/mol. The molecule has 2 aromatic carbocycles. The van der Waals surface area contributed by atoms with Crippen LogP contribution in [-0.2, 0) is 33.2 Å². The molecule has 1 amide bonds. The molecule has 41 heavy (non-hydrogen) atoms. The summed E-state index contributed by atoms with van der Waals surface area (Å²) in [6.45, 7) is 8.46. The number of hydrogen-bond acceptors (Lipinski definition) is 5. The molecule has 0 atom stereocenters. The Morgan fingerprint density at radius 2 is 1.63 bits per heavy atom. The van der Waals surface area contributed by atoms with E-state index in [-0.39, 0.29) is 51.1 Å². The van der Waals surface area contributed by atoms with E-state index in [1.807, 2.05) is 0 Å². The van der Waals surface area contributed by atoms with Crippen LogP contribution in [0.5, 0.6) is 5.75 Å². The van der Waals surface area contributed by atoms with Gasteiger partial charge in [0.1, 0.15) is 11.4 Å². The average Bonchev–Trinajstić information content (AvgIpc) is 2.85. The second kappa shape index (κ2) is 12.5. The van der Waals surface area contributed by atoms with Crippen molar-refractivity contribution in [2.24, 2.45) is 0 Å². The van der Waals surface area contributed by atoms with Gasteiger partial charge in [0, 0.05) is 0 Å². The predicted octanol–water partition coefficient (Wildman–Crippen LogP) is 7.11. The summed E-state index contributed by atoms with van der Waals surface area (Å²) in [6, 6.07) is 5.52. The quantitative estimate of drug-likeness (QED) is 0.191. The normalized spacial score (nSPS) is 16.8. The number of alkyl halides is 3. The van der Waals surface area contributed by atoms with Crippen LogP contribution >= 0.6 is 0 Å². The lowest BCUT2D eigenvalue weighted by Gasteiger charge is -2.44. The summed E-state index contributed by atoms with van der Waals surface area (Å²) < 4.78 is 104. The third-order valence-corrected chi connectivity index (χ3v) is 6.36. The molecule has 6 nitrogen and oxygen atoms in total. The van der Waals surface area contributed by atoms with Crippen molar-refractivity contribution < 1.29 is 50.1 Å². The van der Waals surface area contributed by atoms with Gasteiger partial charge in [-0.3, -0.25) is 0 Å². The third-order valence-electron chi connectivity index (χ3n) is 6.36. The SMILES string of the molecule is CC(C)(C)OC(=O)NC1(CCc2ccc(OCCCc3ccc(F)c(F)c3F)c(C(F)(F)F)c2)COC(C)(C)OC1. The van der Waals surface area contributed by atoms with E-state index >= 15 is 0 Å². The highest BCUT2D eigenvalue weighted by Crippen LogP contribution is 2.38. The molecule has 1 heterocycles. The molecule has 0 aliphatic carbocycles. The fourth-order valence-electron chi connectivity index (χ4n) is 4.17. The molecule has 1 aliphatic heterocycles. The van der Waals surface area contributed by atoms with E-state index in [9.17, 15) is 31.1 Å². The summed E-state index contributed by atoms with van der Waals surface area (Å²) in [5, 5.41) is 2.78. The van der Waals surface area contributed by atoms with Crippen molar-refractivity contribution in [3.05, 3.63) is 64.5 Å². The predicted molar refractivity (Wildman–Crippen MR) is 138 cm³/mol. The molecular formula is C29H35F6NO5. The monoisotopic (exact) mass is 591 g/mol. The first-order valence-electron chi connectivity index (χ1n) is 13.1. The molecule has 228 valence electrons. The number of rotatable bonds is 9. The van der Waals surface area contributed by atoms with Gasteiger partial charge in [-0.25, -0.2) is 18.0 Å². The van der Waals surface area contributed by atoms with Gasteiger partial charge in [0.05, 0.1) is 30.9 Å². The number of benzene rings is 2. The van der Waals surface area contributed by atoms with Crippen molar-refractivity contribution >= 4 is 6.09 Å². The van der Waals surface area contributed by atoms with Gasteiger partial charge < -0.3 is 24.3 Å². The summed E-state index contributed by atoms with van der Waals surface area (Å²) in [4.78, 5) is 12.5. The number of hydrogen-bond donors (Lipinski definition) is 1. The molecule has 2 aromatic rings. The molecule has 0 bridgehead atoms. The van der Waals surface area contributed by atoms with Crippen LogP contribution in [0.25, 0.3) is 0 Å².